The molecule has 1 aromatic heterocycles. The Bertz CT molecular complexity index is 416. The fourth-order valence-electron chi connectivity index (χ4n) is 0.933. The summed E-state index contributed by atoms with van der Waals surface area (Å²) < 4.78 is 18.0. The van der Waals surface area contributed by atoms with E-state index in [1.165, 1.54) is 12.5 Å². The van der Waals surface area contributed by atoms with Gasteiger partial charge in [0.15, 0.2) is 0 Å². The molecule has 1 aromatic carbocycles. The molecule has 0 radical (unpaired) electrons. The van der Waals surface area contributed by atoms with Crippen molar-refractivity contribution in [2.75, 3.05) is 0 Å². The van der Waals surface area contributed by atoms with Crippen LogP contribution in [0.1, 0.15) is 0 Å². The Labute approximate surface area is 81.7 Å². The van der Waals surface area contributed by atoms with E-state index in [0.717, 1.165) is 0 Å². The number of benzene rings is 1. The quantitative estimate of drug-likeness (QED) is 0.772. The molecule has 0 saturated carbocycles. The first-order valence-corrected chi connectivity index (χ1v) is 4.28. The molecule has 0 aliphatic heterocycles. The fraction of sp³-hybridized carbons (Fsp3) is 0. The van der Waals surface area contributed by atoms with Crippen molar-refractivity contribution in [1.29, 1.82) is 0 Å². The molecule has 0 aliphatic carbocycles. The van der Waals surface area contributed by atoms with E-state index in [9.17, 15) is 4.39 Å². The second-order valence-electron chi connectivity index (χ2n) is 2.38. The number of aromatic nitrogens is 2. The zero-order valence-corrected chi connectivity index (χ0v) is 7.95. The lowest BCUT2D eigenvalue weighted by Gasteiger charge is -1.96. The maximum Gasteiger partial charge on any atom is 0.214 e. The third kappa shape index (κ3) is 1.60. The first-order chi connectivity index (χ1) is 6.27. The van der Waals surface area contributed by atoms with Crippen LogP contribution in [0.2, 0.25) is 0 Å². The number of nitrogens with zero attached hydrogens (tertiary/aromatic N) is 2. The van der Waals surface area contributed by atoms with Crippen molar-refractivity contribution in [2.24, 2.45) is 0 Å². The average Bonchev–Trinajstić information content (AvgIpc) is 2.62. The summed E-state index contributed by atoms with van der Waals surface area (Å²) in [6.45, 7) is 0. The van der Waals surface area contributed by atoms with Crippen LogP contribution in [0.5, 0.6) is 0 Å². The van der Waals surface area contributed by atoms with Crippen LogP contribution >= 0.6 is 15.9 Å². The Hall–Kier alpha value is -1.23. The Morgan fingerprint density at radius 3 is 2.85 bits per heavy atom. The van der Waals surface area contributed by atoms with Crippen LogP contribution < -0.4 is 0 Å². The van der Waals surface area contributed by atoms with Crippen molar-refractivity contribution in [3.05, 3.63) is 34.9 Å². The molecule has 1 heterocycles. The maximum absolute atomic E-state index is 13.0. The summed E-state index contributed by atoms with van der Waals surface area (Å²) in [4.78, 5) is 3.80. The van der Waals surface area contributed by atoms with E-state index < -0.39 is 0 Å². The lowest BCUT2D eigenvalue weighted by Crippen LogP contribution is -1.83. The summed E-state index contributed by atoms with van der Waals surface area (Å²) in [5, 5.41) is 3.59. The van der Waals surface area contributed by atoms with E-state index in [-0.39, 0.29) is 5.82 Å². The third-order valence-corrected chi connectivity index (χ3v) is 2.18. The van der Waals surface area contributed by atoms with Crippen LogP contribution in [0.4, 0.5) is 4.39 Å². The van der Waals surface area contributed by atoms with Crippen molar-refractivity contribution < 1.29 is 8.91 Å². The summed E-state index contributed by atoms with van der Waals surface area (Å²) in [5.41, 5.74) is 0.592. The first-order valence-electron chi connectivity index (χ1n) is 3.49. The third-order valence-electron chi connectivity index (χ3n) is 1.54. The molecule has 0 saturated heterocycles. The van der Waals surface area contributed by atoms with Gasteiger partial charge in [0.25, 0.3) is 0 Å². The van der Waals surface area contributed by atoms with Gasteiger partial charge in [0.1, 0.15) is 5.82 Å². The molecule has 5 heteroatoms. The molecule has 0 spiro atoms. The zero-order valence-electron chi connectivity index (χ0n) is 6.37. The Morgan fingerprint density at radius 2 is 2.23 bits per heavy atom. The van der Waals surface area contributed by atoms with Crippen molar-refractivity contribution in [1.82, 2.24) is 10.1 Å². The van der Waals surface area contributed by atoms with E-state index >= 15 is 0 Å². The molecule has 3 nitrogen and oxygen atoms in total. The van der Waals surface area contributed by atoms with E-state index in [2.05, 4.69) is 30.6 Å². The van der Waals surface area contributed by atoms with Crippen LogP contribution in [0.25, 0.3) is 11.4 Å². The van der Waals surface area contributed by atoms with Crippen LogP contribution in [0, 0.1) is 5.82 Å². The van der Waals surface area contributed by atoms with Crippen molar-refractivity contribution >= 4 is 15.9 Å². The van der Waals surface area contributed by atoms with Crippen LogP contribution in [0.15, 0.2) is 33.6 Å². The molecule has 13 heavy (non-hydrogen) atoms. The second-order valence-corrected chi connectivity index (χ2v) is 3.24. The predicted molar refractivity (Wildman–Crippen MR) is 47.4 cm³/mol. The minimum Gasteiger partial charge on any atom is -0.342 e. The van der Waals surface area contributed by atoms with Crippen molar-refractivity contribution in [2.45, 2.75) is 0 Å². The van der Waals surface area contributed by atoms with Gasteiger partial charge in [-0.15, -0.1) is 0 Å². The summed E-state index contributed by atoms with van der Waals surface area (Å²) >= 11 is 3.05. The Balaban J connectivity index is 2.49. The van der Waals surface area contributed by atoms with Gasteiger partial charge in [-0.1, -0.05) is 5.16 Å². The highest BCUT2D eigenvalue weighted by atomic mass is 79.9. The van der Waals surface area contributed by atoms with E-state index in [1.807, 2.05) is 0 Å². The number of halogens is 2. The molecule has 0 aliphatic rings. The number of hydrogen-bond acceptors (Lipinski definition) is 3. The minimum absolute atomic E-state index is 0.345. The molecule has 0 fully saturated rings. The lowest BCUT2D eigenvalue weighted by molar-refractivity contribution is 0.418. The Morgan fingerprint density at radius 1 is 1.38 bits per heavy atom. The highest BCUT2D eigenvalue weighted by Gasteiger charge is 2.05. The molecule has 0 amide bonds. The van der Waals surface area contributed by atoms with Gasteiger partial charge in [-0.25, -0.2) is 4.39 Å². The van der Waals surface area contributed by atoms with Gasteiger partial charge in [0, 0.05) is 5.56 Å². The SMILES string of the molecule is Fc1cc(-c2ncon2)ccc1Br. The summed E-state index contributed by atoms with van der Waals surface area (Å²) in [5.74, 6) is 0.0358. The van der Waals surface area contributed by atoms with Gasteiger partial charge < -0.3 is 4.52 Å². The smallest absolute Gasteiger partial charge is 0.214 e. The van der Waals surface area contributed by atoms with E-state index in [1.54, 1.807) is 12.1 Å². The van der Waals surface area contributed by atoms with Crippen molar-refractivity contribution in [3.63, 3.8) is 0 Å². The van der Waals surface area contributed by atoms with Gasteiger partial charge >= 0.3 is 0 Å². The largest absolute Gasteiger partial charge is 0.342 e. The number of hydrogen-bond donors (Lipinski definition) is 0. The van der Waals surface area contributed by atoms with Crippen molar-refractivity contribution in [3.8, 4) is 11.4 Å². The minimum atomic E-state index is -0.345. The summed E-state index contributed by atoms with van der Waals surface area (Å²) in [6.07, 6.45) is 1.20. The van der Waals surface area contributed by atoms with Crippen LogP contribution in [-0.4, -0.2) is 10.1 Å². The van der Waals surface area contributed by atoms with Gasteiger partial charge in [0.2, 0.25) is 12.2 Å². The standard InChI is InChI=1S/C8H4BrFN2O/c9-6-2-1-5(3-7(6)10)8-11-4-13-12-8/h1-4H. The topological polar surface area (TPSA) is 38.9 Å². The molecular formula is C8H4BrFN2O. The number of rotatable bonds is 1. The van der Waals surface area contributed by atoms with Crippen LogP contribution in [-0.2, 0) is 0 Å². The van der Waals surface area contributed by atoms with E-state index in [4.69, 9.17) is 0 Å². The second kappa shape index (κ2) is 3.26. The molecule has 0 bridgehead atoms. The molecular weight excluding hydrogens is 239 g/mol. The predicted octanol–water partition coefficient (Wildman–Crippen LogP) is 2.64. The maximum atomic E-state index is 13.0. The monoisotopic (exact) mass is 242 g/mol. The Kier molecular flexibility index (Phi) is 2.10. The molecule has 0 atom stereocenters. The lowest BCUT2D eigenvalue weighted by atomic mass is 10.2. The van der Waals surface area contributed by atoms with Gasteiger partial charge in [-0.3, -0.25) is 0 Å². The average molecular weight is 243 g/mol. The highest BCUT2D eigenvalue weighted by molar-refractivity contribution is 9.10. The highest BCUT2D eigenvalue weighted by Crippen LogP contribution is 2.21. The molecule has 2 aromatic rings. The molecule has 0 N–H and O–H groups in total. The van der Waals surface area contributed by atoms with Gasteiger partial charge in [-0.2, -0.15) is 4.98 Å². The normalized spacial score (nSPS) is 10.3. The fourth-order valence-corrected chi connectivity index (χ4v) is 1.18. The first kappa shape index (κ1) is 8.37. The van der Waals surface area contributed by atoms with Gasteiger partial charge in [0.05, 0.1) is 4.47 Å². The summed E-state index contributed by atoms with van der Waals surface area (Å²) in [6, 6.07) is 4.65. The molecule has 2 rings (SSSR count). The van der Waals surface area contributed by atoms with Gasteiger partial charge in [-0.05, 0) is 34.1 Å². The summed E-state index contributed by atoms with van der Waals surface area (Å²) in [7, 11) is 0. The zero-order chi connectivity index (χ0) is 9.26. The van der Waals surface area contributed by atoms with Crippen LogP contribution in [0.3, 0.4) is 0 Å². The molecule has 66 valence electrons. The molecule has 0 unspecified atom stereocenters. The van der Waals surface area contributed by atoms with E-state index in [0.29, 0.717) is 15.9 Å².